The maximum Gasteiger partial charge on any atom is 0.321 e. The monoisotopic (exact) mass is 829 g/mol. The molecule has 1 aromatic heterocycles. The summed E-state index contributed by atoms with van der Waals surface area (Å²) in [5.41, 5.74) is 13.2. The third kappa shape index (κ3) is 13.9. The number of carboxylic acid groups (broad SMARTS) is 2. The third-order valence-corrected chi connectivity index (χ3v) is 10.5. The van der Waals surface area contributed by atoms with E-state index in [9.17, 15) is 33.2 Å². The average molecular weight is 830 g/mol. The van der Waals surface area contributed by atoms with Crippen LogP contribution in [-0.4, -0.2) is 104 Å². The van der Waals surface area contributed by atoms with Crippen molar-refractivity contribution in [2.75, 3.05) is 25.4 Å². The summed E-state index contributed by atoms with van der Waals surface area (Å²) >= 11 is 0.791. The fourth-order valence-corrected chi connectivity index (χ4v) is 7.27. The van der Waals surface area contributed by atoms with E-state index in [0.29, 0.717) is 17.8 Å². The summed E-state index contributed by atoms with van der Waals surface area (Å²) in [6, 6.07) is 10.4. The van der Waals surface area contributed by atoms with Crippen LogP contribution >= 0.6 is 11.8 Å². The number of nitrogens with zero attached hydrogens (tertiary/aromatic N) is 2. The van der Waals surface area contributed by atoms with Gasteiger partial charge in [0.1, 0.15) is 23.7 Å². The molecule has 316 valence electrons. The Kier molecular flexibility index (Phi) is 17.4. The molecule has 0 saturated carbocycles. The first-order valence-corrected chi connectivity index (χ1v) is 19.6. The number of carbonyl (C=O) groups is 6. The van der Waals surface area contributed by atoms with Crippen LogP contribution in [0.5, 0.6) is 0 Å². The molecule has 0 fully saturated rings. The SMILES string of the molecule is CC(=O)N(CC[C@H](N)C(=O)NC(C)C(=O)NCCNC(=O)C(CC(=O)O)SC[C@H](N)C(=O)O)[C@@H](c1cc(-c2cc(F)ccc2F)cn1Cc1ccccc1)C(C)(C)C. The molecule has 0 saturated heterocycles. The van der Waals surface area contributed by atoms with Gasteiger partial charge in [-0.2, -0.15) is 0 Å². The van der Waals surface area contributed by atoms with Gasteiger partial charge in [0.15, 0.2) is 0 Å². The van der Waals surface area contributed by atoms with Crippen molar-refractivity contribution in [1.82, 2.24) is 25.4 Å². The summed E-state index contributed by atoms with van der Waals surface area (Å²) in [7, 11) is 0. The second-order valence-corrected chi connectivity index (χ2v) is 16.2. The Morgan fingerprint density at radius 2 is 1.53 bits per heavy atom. The molecule has 15 nitrogen and oxygen atoms in total. The highest BCUT2D eigenvalue weighted by Crippen LogP contribution is 2.41. The first-order chi connectivity index (χ1) is 27.2. The van der Waals surface area contributed by atoms with Crippen molar-refractivity contribution in [3.8, 4) is 11.1 Å². The Hall–Kier alpha value is -5.33. The van der Waals surface area contributed by atoms with Gasteiger partial charge >= 0.3 is 11.9 Å². The molecule has 0 spiro atoms. The number of aromatic nitrogens is 1. The van der Waals surface area contributed by atoms with E-state index < -0.39 is 82.5 Å². The fraction of sp³-hybridized carbons (Fsp3) is 0.450. The minimum atomic E-state index is -1.29. The molecule has 0 radical (unpaired) electrons. The van der Waals surface area contributed by atoms with Gasteiger partial charge in [0.25, 0.3) is 0 Å². The normalized spacial score (nSPS) is 14.0. The van der Waals surface area contributed by atoms with Crippen LogP contribution in [0.3, 0.4) is 0 Å². The number of benzene rings is 2. The van der Waals surface area contributed by atoms with Crippen LogP contribution in [0.1, 0.15) is 64.8 Å². The molecule has 58 heavy (non-hydrogen) atoms. The summed E-state index contributed by atoms with van der Waals surface area (Å²) in [6.07, 6.45) is 1.17. The number of hydrogen-bond donors (Lipinski definition) is 7. The van der Waals surface area contributed by atoms with E-state index in [1.165, 1.54) is 13.8 Å². The van der Waals surface area contributed by atoms with E-state index in [-0.39, 0.29) is 43.3 Å². The Balaban J connectivity index is 1.68. The van der Waals surface area contributed by atoms with Gasteiger partial charge in [0, 0.05) is 61.9 Å². The zero-order chi connectivity index (χ0) is 43.3. The fourth-order valence-electron chi connectivity index (χ4n) is 6.19. The quantitative estimate of drug-likeness (QED) is 0.0771. The van der Waals surface area contributed by atoms with Gasteiger partial charge < -0.3 is 47.1 Å². The Labute approximate surface area is 340 Å². The highest BCUT2D eigenvalue weighted by Gasteiger charge is 2.37. The van der Waals surface area contributed by atoms with Crippen molar-refractivity contribution in [1.29, 1.82) is 0 Å². The molecule has 3 rings (SSSR count). The molecule has 2 unspecified atom stereocenters. The van der Waals surface area contributed by atoms with Gasteiger partial charge in [-0.1, -0.05) is 51.1 Å². The molecule has 0 aliphatic rings. The number of thioether (sulfide) groups is 1. The average Bonchev–Trinajstić information content (AvgIpc) is 3.55. The van der Waals surface area contributed by atoms with Gasteiger partial charge in [-0.15, -0.1) is 11.8 Å². The summed E-state index contributed by atoms with van der Waals surface area (Å²) in [6.45, 7) is 8.91. The molecule has 0 aliphatic heterocycles. The lowest BCUT2D eigenvalue weighted by atomic mass is 9.82. The predicted octanol–water partition coefficient (Wildman–Crippen LogP) is 2.86. The maximum atomic E-state index is 15.0. The zero-order valence-electron chi connectivity index (χ0n) is 33.2. The number of hydrogen-bond acceptors (Lipinski definition) is 9. The molecule has 9 N–H and O–H groups in total. The maximum absolute atomic E-state index is 15.0. The lowest BCUT2D eigenvalue weighted by Crippen LogP contribution is -2.52. The molecule has 5 atom stereocenters. The number of amides is 4. The number of nitrogens with two attached hydrogens (primary N) is 2. The lowest BCUT2D eigenvalue weighted by Gasteiger charge is -2.41. The lowest BCUT2D eigenvalue weighted by molar-refractivity contribution is -0.138. The van der Waals surface area contributed by atoms with E-state index in [1.807, 2.05) is 55.7 Å². The van der Waals surface area contributed by atoms with Crippen molar-refractivity contribution in [3.05, 3.63) is 83.7 Å². The number of aliphatic carboxylic acids is 2. The van der Waals surface area contributed by atoms with E-state index in [4.69, 9.17) is 21.7 Å². The smallest absolute Gasteiger partial charge is 0.321 e. The molecular formula is C40H53F2N7O8S. The minimum absolute atomic E-state index is 0.00995. The molecule has 2 aromatic carbocycles. The third-order valence-electron chi connectivity index (χ3n) is 9.12. The van der Waals surface area contributed by atoms with E-state index in [0.717, 1.165) is 35.5 Å². The number of carboxylic acids is 2. The van der Waals surface area contributed by atoms with Gasteiger partial charge in [-0.3, -0.25) is 28.8 Å². The second kappa shape index (κ2) is 21.4. The van der Waals surface area contributed by atoms with E-state index >= 15 is 4.39 Å². The van der Waals surface area contributed by atoms with Crippen LogP contribution in [0.4, 0.5) is 8.78 Å². The summed E-state index contributed by atoms with van der Waals surface area (Å²) in [4.78, 5) is 75.6. The Bertz CT molecular complexity index is 1920. The van der Waals surface area contributed by atoms with Crippen LogP contribution in [0, 0.1) is 17.0 Å². The van der Waals surface area contributed by atoms with Crippen LogP contribution in [-0.2, 0) is 35.3 Å². The topological polar surface area (TPSA) is 239 Å². The molecule has 3 aromatic rings. The number of rotatable bonds is 21. The van der Waals surface area contributed by atoms with E-state index in [2.05, 4.69) is 16.0 Å². The Morgan fingerprint density at radius 1 is 0.897 bits per heavy atom. The van der Waals surface area contributed by atoms with Crippen molar-refractivity contribution >= 4 is 47.3 Å². The minimum Gasteiger partial charge on any atom is -0.481 e. The van der Waals surface area contributed by atoms with Crippen molar-refractivity contribution in [3.63, 3.8) is 0 Å². The van der Waals surface area contributed by atoms with Crippen molar-refractivity contribution in [2.45, 2.75) is 83.4 Å². The molecule has 0 aliphatic carbocycles. The van der Waals surface area contributed by atoms with Crippen LogP contribution in [0.25, 0.3) is 11.1 Å². The summed E-state index contributed by atoms with van der Waals surface area (Å²) < 4.78 is 31.2. The molecule has 4 amide bonds. The van der Waals surface area contributed by atoms with Gasteiger partial charge in [-0.05, 0) is 48.6 Å². The van der Waals surface area contributed by atoms with Crippen molar-refractivity contribution < 1.29 is 47.8 Å². The highest BCUT2D eigenvalue weighted by atomic mass is 32.2. The molecule has 0 bridgehead atoms. The number of nitrogens with one attached hydrogen (secondary N) is 3. The van der Waals surface area contributed by atoms with Crippen LogP contribution < -0.4 is 27.4 Å². The standard InChI is InChI=1S/C40H53F2N7O8S/c1-23(36(53)45-14-15-46-38(55)33(19-34(51)52)58-22-31(44)39(56)57)47-37(54)30(43)13-16-49(24(2)50)35(40(3,4)5)32-17-26(28-18-27(41)11-12-29(28)42)21-48(32)20-25-9-7-6-8-10-25/h6-12,17-18,21,23,30-31,33,35H,13-16,19-20,22,43-44H2,1-5H3,(H,45,53)(H,46,55)(H,47,54)(H,51,52)(H,56,57)/t23?,30-,31-,33?,35-/m0/s1. The number of carbonyl (C=O) groups excluding carboxylic acids is 4. The highest BCUT2D eigenvalue weighted by molar-refractivity contribution is 8.00. The zero-order valence-corrected chi connectivity index (χ0v) is 34.0. The second-order valence-electron chi connectivity index (χ2n) is 14.9. The molecule has 1 heterocycles. The number of halogens is 2. The first kappa shape index (κ1) is 47.0. The molecule has 18 heteroatoms. The van der Waals surface area contributed by atoms with Gasteiger partial charge in [-0.25, -0.2) is 8.78 Å². The molecular weight excluding hydrogens is 777 g/mol. The Morgan fingerprint density at radius 3 is 2.12 bits per heavy atom. The van der Waals surface area contributed by atoms with Crippen LogP contribution in [0.15, 0.2) is 60.8 Å². The largest absolute Gasteiger partial charge is 0.481 e. The van der Waals surface area contributed by atoms with Crippen LogP contribution in [0.2, 0.25) is 0 Å². The van der Waals surface area contributed by atoms with E-state index in [1.54, 1.807) is 17.2 Å². The summed E-state index contributed by atoms with van der Waals surface area (Å²) in [5.74, 6) is -6.19. The van der Waals surface area contributed by atoms with Crippen molar-refractivity contribution in [2.24, 2.45) is 16.9 Å². The van der Waals surface area contributed by atoms with Gasteiger partial charge in [0.05, 0.1) is 23.8 Å². The predicted molar refractivity (Wildman–Crippen MR) is 215 cm³/mol. The first-order valence-electron chi connectivity index (χ1n) is 18.6. The summed E-state index contributed by atoms with van der Waals surface area (Å²) in [5, 5.41) is 24.6. The van der Waals surface area contributed by atoms with Gasteiger partial charge in [0.2, 0.25) is 23.6 Å².